The van der Waals surface area contributed by atoms with E-state index in [-0.39, 0.29) is 5.92 Å². The molecule has 0 spiro atoms. The number of benzene rings is 1. The molecular weight excluding hydrogens is 522 g/mol. The molecule has 1 atom stereocenters. The molecule has 1 N–H and O–H groups in total. The minimum Gasteiger partial charge on any atom is -0.343 e. The van der Waals surface area contributed by atoms with Gasteiger partial charge in [-0.25, -0.2) is 0 Å². The molecule has 2 heterocycles. The van der Waals surface area contributed by atoms with Gasteiger partial charge in [0.2, 0.25) is 5.91 Å². The van der Waals surface area contributed by atoms with Gasteiger partial charge < -0.3 is 10.2 Å². The van der Waals surface area contributed by atoms with Crippen molar-refractivity contribution < 1.29 is 4.79 Å². The summed E-state index contributed by atoms with van der Waals surface area (Å²) in [6.45, 7) is 7.99. The number of pyridine rings is 1. The van der Waals surface area contributed by atoms with Crippen LogP contribution >= 0.6 is 27.5 Å². The highest BCUT2D eigenvalue weighted by Crippen LogP contribution is 2.45. The highest BCUT2D eigenvalue weighted by molar-refractivity contribution is 9.10. The first-order chi connectivity index (χ1) is 17.0. The lowest BCUT2D eigenvalue weighted by atomic mass is 9.76. The van der Waals surface area contributed by atoms with Gasteiger partial charge in [0.05, 0.1) is 5.69 Å². The van der Waals surface area contributed by atoms with Gasteiger partial charge in [-0.3, -0.25) is 9.78 Å². The predicted octanol–water partition coefficient (Wildman–Crippen LogP) is 6.84. The Morgan fingerprint density at radius 3 is 2.63 bits per heavy atom. The fraction of sp³-hybridized carbons (Fsp3) is 0.586. The average Bonchev–Trinajstić information content (AvgIpc) is 3.00. The highest BCUT2D eigenvalue weighted by atomic mass is 79.9. The number of amides is 1. The van der Waals surface area contributed by atoms with Crippen LogP contribution in [-0.4, -0.2) is 42.0 Å². The SMILES string of the molecule is CCCCCNCCCC(=O)N1CCC(C2c3ncc(Br)cc3CCc3cc(C)cc(Cl)c32)CC1. The minimum absolute atomic E-state index is 0.188. The van der Waals surface area contributed by atoms with Crippen molar-refractivity contribution in [1.29, 1.82) is 0 Å². The predicted molar refractivity (Wildman–Crippen MR) is 148 cm³/mol. The van der Waals surface area contributed by atoms with Gasteiger partial charge in [-0.2, -0.15) is 0 Å². The number of fused-ring (bicyclic) bond motifs is 2. The van der Waals surface area contributed by atoms with E-state index >= 15 is 0 Å². The molecule has 1 fully saturated rings. The number of aryl methyl sites for hydroxylation is 3. The maximum absolute atomic E-state index is 12.9. The van der Waals surface area contributed by atoms with Gasteiger partial charge in [-0.15, -0.1) is 0 Å². The van der Waals surface area contributed by atoms with Crippen LogP contribution in [0.5, 0.6) is 0 Å². The molecule has 4 rings (SSSR count). The molecule has 1 saturated heterocycles. The van der Waals surface area contributed by atoms with E-state index in [4.69, 9.17) is 16.6 Å². The third-order valence-corrected chi connectivity index (χ3v) is 8.41. The zero-order valence-corrected chi connectivity index (χ0v) is 23.6. The topological polar surface area (TPSA) is 45.2 Å². The lowest BCUT2D eigenvalue weighted by Gasteiger charge is -2.37. The number of carbonyl (C=O) groups is 1. The standard InChI is InChI=1S/C29H39BrClN3O/c1-3-4-5-12-32-13-6-7-26(35)34-14-10-21(11-15-34)28-27-22(16-20(2)17-25(27)31)8-9-23-18-24(30)19-33-29(23)28/h16-19,21,28,32H,3-15H2,1-2H3. The van der Waals surface area contributed by atoms with Gasteiger partial charge in [0, 0.05) is 41.1 Å². The minimum atomic E-state index is 0.188. The van der Waals surface area contributed by atoms with Crippen molar-refractivity contribution >= 4 is 33.4 Å². The number of likely N-dealkylation sites (tertiary alicyclic amines) is 1. The molecule has 2 aliphatic rings. The van der Waals surface area contributed by atoms with E-state index in [0.29, 0.717) is 18.2 Å². The van der Waals surface area contributed by atoms with E-state index in [9.17, 15) is 4.79 Å². The summed E-state index contributed by atoms with van der Waals surface area (Å²) in [7, 11) is 0. The zero-order chi connectivity index (χ0) is 24.8. The van der Waals surface area contributed by atoms with E-state index in [1.54, 1.807) is 0 Å². The van der Waals surface area contributed by atoms with Gasteiger partial charge in [-0.1, -0.05) is 37.4 Å². The Balaban J connectivity index is 1.42. The van der Waals surface area contributed by atoms with E-state index in [2.05, 4.69) is 58.2 Å². The maximum atomic E-state index is 12.9. The van der Waals surface area contributed by atoms with E-state index < -0.39 is 0 Å². The van der Waals surface area contributed by atoms with Gasteiger partial charge in [0.15, 0.2) is 0 Å². The van der Waals surface area contributed by atoms with Crippen LogP contribution in [0.4, 0.5) is 0 Å². The Morgan fingerprint density at radius 1 is 1.11 bits per heavy atom. The van der Waals surface area contributed by atoms with Crippen molar-refractivity contribution in [2.75, 3.05) is 26.2 Å². The molecule has 0 radical (unpaired) electrons. The largest absolute Gasteiger partial charge is 0.343 e. The number of nitrogens with zero attached hydrogens (tertiary/aromatic N) is 2. The van der Waals surface area contributed by atoms with Gasteiger partial charge in [0.1, 0.15) is 0 Å². The van der Waals surface area contributed by atoms with Crippen molar-refractivity contribution in [3.8, 4) is 0 Å². The molecule has 1 aromatic heterocycles. The van der Waals surface area contributed by atoms with Crippen LogP contribution in [-0.2, 0) is 17.6 Å². The number of carbonyl (C=O) groups excluding carboxylic acids is 1. The smallest absolute Gasteiger partial charge is 0.222 e. The highest BCUT2D eigenvalue weighted by Gasteiger charge is 2.36. The van der Waals surface area contributed by atoms with Gasteiger partial charge in [0.25, 0.3) is 0 Å². The number of unbranched alkanes of at least 4 members (excludes halogenated alkanes) is 2. The number of piperidine rings is 1. The van der Waals surface area contributed by atoms with E-state index in [0.717, 1.165) is 67.8 Å². The second-order valence-electron chi connectivity index (χ2n) is 10.3. The molecule has 2 aromatic rings. The first kappa shape index (κ1) is 26.6. The van der Waals surface area contributed by atoms with Crippen molar-refractivity contribution in [3.63, 3.8) is 0 Å². The molecular formula is C29H39BrClN3O. The Kier molecular flexibility index (Phi) is 9.66. The number of halogens is 2. The molecule has 1 aliphatic heterocycles. The molecule has 0 saturated carbocycles. The van der Waals surface area contributed by atoms with Crippen LogP contribution in [0, 0.1) is 12.8 Å². The lowest BCUT2D eigenvalue weighted by molar-refractivity contribution is -0.132. The van der Waals surface area contributed by atoms with Crippen LogP contribution in [0.15, 0.2) is 28.9 Å². The fourth-order valence-electron chi connectivity index (χ4n) is 5.85. The van der Waals surface area contributed by atoms with Crippen LogP contribution in [0.2, 0.25) is 5.02 Å². The first-order valence-corrected chi connectivity index (χ1v) is 14.6. The second-order valence-corrected chi connectivity index (χ2v) is 11.6. The summed E-state index contributed by atoms with van der Waals surface area (Å²) >= 11 is 10.5. The third kappa shape index (κ3) is 6.67. The summed E-state index contributed by atoms with van der Waals surface area (Å²) in [6.07, 6.45) is 11.2. The number of hydrogen-bond donors (Lipinski definition) is 1. The van der Waals surface area contributed by atoms with Crippen molar-refractivity contribution in [3.05, 3.63) is 61.8 Å². The molecule has 4 nitrogen and oxygen atoms in total. The summed E-state index contributed by atoms with van der Waals surface area (Å²) in [5.74, 6) is 0.924. The molecule has 1 aliphatic carbocycles. The Hall–Kier alpha value is -1.43. The van der Waals surface area contributed by atoms with Crippen molar-refractivity contribution in [2.45, 2.75) is 77.6 Å². The fourth-order valence-corrected chi connectivity index (χ4v) is 6.64. The molecule has 1 amide bonds. The normalized spacial score (nSPS) is 18.2. The van der Waals surface area contributed by atoms with Crippen LogP contribution < -0.4 is 5.32 Å². The van der Waals surface area contributed by atoms with E-state index in [1.807, 2.05) is 6.20 Å². The van der Waals surface area contributed by atoms with Crippen LogP contribution in [0.1, 0.15) is 85.7 Å². The quantitative estimate of drug-likeness (QED) is 0.342. The monoisotopic (exact) mass is 559 g/mol. The first-order valence-electron chi connectivity index (χ1n) is 13.4. The average molecular weight is 561 g/mol. The number of nitrogens with one attached hydrogen (secondary N) is 1. The summed E-state index contributed by atoms with van der Waals surface area (Å²) in [5, 5.41) is 4.34. The third-order valence-electron chi connectivity index (χ3n) is 7.66. The van der Waals surface area contributed by atoms with Crippen molar-refractivity contribution in [2.24, 2.45) is 5.92 Å². The Bertz CT molecular complexity index is 1020. The molecule has 6 heteroatoms. The number of hydrogen-bond acceptors (Lipinski definition) is 3. The second kappa shape index (κ2) is 12.7. The summed E-state index contributed by atoms with van der Waals surface area (Å²) in [5.41, 5.74) is 6.34. The van der Waals surface area contributed by atoms with Crippen LogP contribution in [0.25, 0.3) is 0 Å². The van der Waals surface area contributed by atoms with Crippen LogP contribution in [0.3, 0.4) is 0 Å². The van der Waals surface area contributed by atoms with Gasteiger partial charge >= 0.3 is 0 Å². The number of rotatable bonds is 9. The summed E-state index contributed by atoms with van der Waals surface area (Å²) in [4.78, 5) is 19.9. The molecule has 190 valence electrons. The Morgan fingerprint density at radius 2 is 1.86 bits per heavy atom. The molecule has 1 unspecified atom stereocenters. The maximum Gasteiger partial charge on any atom is 0.222 e. The number of aromatic nitrogens is 1. The van der Waals surface area contributed by atoms with E-state index in [1.165, 1.54) is 47.2 Å². The summed E-state index contributed by atoms with van der Waals surface area (Å²) < 4.78 is 1.03. The zero-order valence-electron chi connectivity index (χ0n) is 21.2. The lowest BCUT2D eigenvalue weighted by Crippen LogP contribution is -2.40. The molecule has 1 aromatic carbocycles. The van der Waals surface area contributed by atoms with Crippen molar-refractivity contribution in [1.82, 2.24) is 15.2 Å². The molecule has 0 bridgehead atoms. The Labute approximate surface area is 224 Å². The molecule has 35 heavy (non-hydrogen) atoms. The summed E-state index contributed by atoms with van der Waals surface area (Å²) in [6, 6.07) is 6.65. The van der Waals surface area contributed by atoms with Gasteiger partial charge in [-0.05, 0) is 115 Å².